The topological polar surface area (TPSA) is 56.8 Å². The summed E-state index contributed by atoms with van der Waals surface area (Å²) < 4.78 is 29.2. The van der Waals surface area contributed by atoms with Gasteiger partial charge in [0.05, 0.1) is 19.8 Å². The van der Waals surface area contributed by atoms with E-state index in [9.17, 15) is 9.18 Å². The maximum atomic E-state index is 13.0. The summed E-state index contributed by atoms with van der Waals surface area (Å²) in [6.45, 7) is 0.293. The highest BCUT2D eigenvalue weighted by Gasteiger charge is 2.16. The van der Waals surface area contributed by atoms with Gasteiger partial charge < -0.3 is 19.5 Å². The number of halogens is 1. The molecule has 0 saturated heterocycles. The third kappa shape index (κ3) is 4.59. The molecular weight excluding hydrogens is 361 g/mol. The second-order valence-electron chi connectivity index (χ2n) is 5.94. The van der Waals surface area contributed by atoms with E-state index < -0.39 is 0 Å². The highest BCUT2D eigenvalue weighted by atomic mass is 19.1. The van der Waals surface area contributed by atoms with Crippen molar-refractivity contribution in [2.75, 3.05) is 19.5 Å². The van der Waals surface area contributed by atoms with Gasteiger partial charge in [-0.3, -0.25) is 4.79 Å². The van der Waals surface area contributed by atoms with Crippen molar-refractivity contribution >= 4 is 11.6 Å². The Morgan fingerprint density at radius 1 is 0.964 bits per heavy atom. The number of ether oxygens (including phenoxy) is 3. The van der Waals surface area contributed by atoms with Crippen LogP contribution in [0.2, 0.25) is 0 Å². The van der Waals surface area contributed by atoms with Crippen LogP contribution >= 0.6 is 0 Å². The van der Waals surface area contributed by atoms with Gasteiger partial charge in [-0.1, -0.05) is 24.3 Å². The van der Waals surface area contributed by atoms with Crippen molar-refractivity contribution in [1.29, 1.82) is 0 Å². The zero-order valence-corrected chi connectivity index (χ0v) is 15.6. The minimum atomic E-state index is -0.327. The van der Waals surface area contributed by atoms with Crippen molar-refractivity contribution in [3.8, 4) is 17.2 Å². The average Bonchev–Trinajstić information content (AvgIpc) is 2.73. The highest BCUT2D eigenvalue weighted by Crippen LogP contribution is 2.31. The monoisotopic (exact) mass is 381 g/mol. The summed E-state index contributed by atoms with van der Waals surface area (Å²) >= 11 is 0. The molecule has 0 heterocycles. The fraction of sp³-hybridized carbons (Fsp3) is 0.136. The lowest BCUT2D eigenvalue weighted by Gasteiger charge is -2.13. The minimum absolute atomic E-state index is 0.290. The van der Waals surface area contributed by atoms with Crippen LogP contribution in [-0.2, 0) is 6.61 Å². The van der Waals surface area contributed by atoms with Crippen LogP contribution in [0, 0.1) is 5.82 Å². The van der Waals surface area contributed by atoms with Gasteiger partial charge in [-0.25, -0.2) is 4.39 Å². The van der Waals surface area contributed by atoms with Crippen molar-refractivity contribution in [2.45, 2.75) is 6.61 Å². The molecule has 144 valence electrons. The van der Waals surface area contributed by atoms with E-state index in [1.54, 1.807) is 54.6 Å². The molecule has 5 nitrogen and oxygen atoms in total. The van der Waals surface area contributed by atoms with Gasteiger partial charge in [0.15, 0.2) is 11.5 Å². The molecule has 0 aromatic heterocycles. The molecule has 0 radical (unpaired) electrons. The summed E-state index contributed by atoms with van der Waals surface area (Å²) in [6, 6.07) is 18.2. The zero-order chi connectivity index (χ0) is 19.9. The SMILES string of the molecule is COc1cccc(C(=O)Nc2cccc(OCc3ccc(F)cc3)c2)c1OC. The summed E-state index contributed by atoms with van der Waals surface area (Å²) in [6.07, 6.45) is 0. The van der Waals surface area contributed by atoms with Gasteiger partial charge in [0.2, 0.25) is 0 Å². The van der Waals surface area contributed by atoms with Crippen molar-refractivity contribution in [3.63, 3.8) is 0 Å². The van der Waals surface area contributed by atoms with Crippen LogP contribution in [0.25, 0.3) is 0 Å². The molecule has 0 aliphatic heterocycles. The zero-order valence-electron chi connectivity index (χ0n) is 15.6. The molecule has 0 atom stereocenters. The Labute approximate surface area is 162 Å². The maximum Gasteiger partial charge on any atom is 0.259 e. The number of carbonyl (C=O) groups excluding carboxylic acids is 1. The van der Waals surface area contributed by atoms with E-state index in [1.807, 2.05) is 0 Å². The predicted octanol–water partition coefficient (Wildman–Crippen LogP) is 4.67. The third-order valence-electron chi connectivity index (χ3n) is 4.06. The number of methoxy groups -OCH3 is 2. The minimum Gasteiger partial charge on any atom is -0.493 e. The number of hydrogen-bond donors (Lipinski definition) is 1. The van der Waals surface area contributed by atoms with Crippen molar-refractivity contribution in [3.05, 3.63) is 83.7 Å². The van der Waals surface area contributed by atoms with Gasteiger partial charge in [-0.15, -0.1) is 0 Å². The number of benzene rings is 3. The standard InChI is InChI=1S/C22H20FNO4/c1-26-20-8-4-7-19(21(20)27-2)22(25)24-17-5-3-6-18(13-17)28-14-15-9-11-16(23)12-10-15/h3-13H,14H2,1-2H3,(H,24,25). The molecule has 6 heteroatoms. The molecule has 0 aliphatic carbocycles. The van der Waals surface area contributed by atoms with E-state index in [0.29, 0.717) is 35.1 Å². The smallest absolute Gasteiger partial charge is 0.259 e. The number of hydrogen-bond acceptors (Lipinski definition) is 4. The first-order valence-corrected chi connectivity index (χ1v) is 8.60. The molecule has 28 heavy (non-hydrogen) atoms. The maximum absolute atomic E-state index is 13.0. The molecule has 0 aliphatic rings. The van der Waals surface area contributed by atoms with Crippen LogP contribution in [0.1, 0.15) is 15.9 Å². The Bertz CT molecular complexity index is 957. The fourth-order valence-corrected chi connectivity index (χ4v) is 2.68. The van der Waals surface area contributed by atoms with Gasteiger partial charge in [0.25, 0.3) is 5.91 Å². The first-order chi connectivity index (χ1) is 13.6. The number of rotatable bonds is 7. The summed E-state index contributed by atoms with van der Waals surface area (Å²) in [5.74, 6) is 0.811. The average molecular weight is 381 g/mol. The highest BCUT2D eigenvalue weighted by molar-refractivity contribution is 6.06. The van der Waals surface area contributed by atoms with Crippen molar-refractivity contribution in [1.82, 2.24) is 0 Å². The number of carbonyl (C=O) groups is 1. The molecule has 0 saturated carbocycles. The molecule has 1 amide bonds. The lowest BCUT2D eigenvalue weighted by molar-refractivity contribution is 0.102. The summed E-state index contributed by atoms with van der Waals surface area (Å²) in [5, 5.41) is 2.83. The lowest BCUT2D eigenvalue weighted by Crippen LogP contribution is -2.13. The number of para-hydroxylation sites is 1. The van der Waals surface area contributed by atoms with Crippen LogP contribution < -0.4 is 19.5 Å². The largest absolute Gasteiger partial charge is 0.493 e. The summed E-state index contributed by atoms with van der Waals surface area (Å²) in [7, 11) is 3.00. The molecule has 3 aromatic rings. The van der Waals surface area contributed by atoms with Crippen LogP contribution in [-0.4, -0.2) is 20.1 Å². The normalized spacial score (nSPS) is 10.2. The summed E-state index contributed by atoms with van der Waals surface area (Å²) in [5.41, 5.74) is 1.78. The molecule has 0 fully saturated rings. The molecular formula is C22H20FNO4. The quantitative estimate of drug-likeness (QED) is 0.646. The van der Waals surface area contributed by atoms with Gasteiger partial charge in [0.1, 0.15) is 18.2 Å². The summed E-state index contributed by atoms with van der Waals surface area (Å²) in [4.78, 5) is 12.7. The van der Waals surface area contributed by atoms with E-state index in [1.165, 1.54) is 26.4 Å². The van der Waals surface area contributed by atoms with Crippen LogP contribution in [0.3, 0.4) is 0 Å². The van der Waals surface area contributed by atoms with Gasteiger partial charge >= 0.3 is 0 Å². The molecule has 3 rings (SSSR count). The Morgan fingerprint density at radius 3 is 2.43 bits per heavy atom. The van der Waals surface area contributed by atoms with Crippen molar-refractivity contribution in [2.24, 2.45) is 0 Å². The predicted molar refractivity (Wildman–Crippen MR) is 105 cm³/mol. The van der Waals surface area contributed by atoms with Crippen LogP contribution in [0.5, 0.6) is 17.2 Å². The van der Waals surface area contributed by atoms with Crippen LogP contribution in [0.15, 0.2) is 66.7 Å². The fourth-order valence-electron chi connectivity index (χ4n) is 2.68. The number of anilines is 1. The molecule has 3 aromatic carbocycles. The van der Waals surface area contributed by atoms with E-state index in [0.717, 1.165) is 5.56 Å². The van der Waals surface area contributed by atoms with E-state index in [4.69, 9.17) is 14.2 Å². The lowest BCUT2D eigenvalue weighted by atomic mass is 10.1. The second kappa shape index (κ2) is 8.90. The molecule has 0 unspecified atom stereocenters. The molecule has 1 N–H and O–H groups in total. The molecule has 0 bridgehead atoms. The second-order valence-corrected chi connectivity index (χ2v) is 5.94. The number of nitrogens with one attached hydrogen (secondary N) is 1. The van der Waals surface area contributed by atoms with Crippen LogP contribution in [0.4, 0.5) is 10.1 Å². The Balaban J connectivity index is 1.70. The third-order valence-corrected chi connectivity index (χ3v) is 4.06. The first kappa shape index (κ1) is 19.2. The van der Waals surface area contributed by atoms with Gasteiger partial charge in [0, 0.05) is 11.8 Å². The van der Waals surface area contributed by atoms with Crippen molar-refractivity contribution < 1.29 is 23.4 Å². The molecule has 0 spiro atoms. The Morgan fingerprint density at radius 2 is 1.71 bits per heavy atom. The van der Waals surface area contributed by atoms with E-state index in [-0.39, 0.29) is 11.7 Å². The van der Waals surface area contributed by atoms with Gasteiger partial charge in [-0.2, -0.15) is 0 Å². The first-order valence-electron chi connectivity index (χ1n) is 8.60. The Kier molecular flexibility index (Phi) is 6.11. The van der Waals surface area contributed by atoms with E-state index >= 15 is 0 Å². The van der Waals surface area contributed by atoms with Gasteiger partial charge in [-0.05, 0) is 42.0 Å². The number of amides is 1. The van der Waals surface area contributed by atoms with E-state index in [2.05, 4.69) is 5.32 Å². The Hall–Kier alpha value is -3.54.